The van der Waals surface area contributed by atoms with Crippen molar-refractivity contribution in [3.8, 4) is 0 Å². The topological polar surface area (TPSA) is 48.3 Å². The molecule has 0 N–H and O–H groups in total. The van der Waals surface area contributed by atoms with Crippen molar-refractivity contribution < 1.29 is 9.53 Å². The highest BCUT2D eigenvalue weighted by molar-refractivity contribution is 14.1. The van der Waals surface area contributed by atoms with Gasteiger partial charge in [0.2, 0.25) is 5.43 Å². The van der Waals surface area contributed by atoms with E-state index in [0.29, 0.717) is 19.7 Å². The molecular weight excluding hydrogens is 393 g/mol. The van der Waals surface area contributed by atoms with E-state index in [-0.39, 0.29) is 11.4 Å². The molecular formula is C14H13ClINO3. The van der Waals surface area contributed by atoms with Crippen molar-refractivity contribution in [3.05, 3.63) is 42.7 Å². The summed E-state index contributed by atoms with van der Waals surface area (Å²) in [6.07, 6.45) is -0.500. The number of carbonyl (C=O) groups is 1. The van der Waals surface area contributed by atoms with Crippen molar-refractivity contribution >= 4 is 51.1 Å². The Labute approximate surface area is 134 Å². The Morgan fingerprint density at radius 1 is 1.45 bits per heavy atom. The van der Waals surface area contributed by atoms with Gasteiger partial charge in [0.25, 0.3) is 0 Å². The molecule has 1 heterocycles. The van der Waals surface area contributed by atoms with E-state index >= 15 is 0 Å². The number of rotatable bonds is 2. The zero-order valence-electron chi connectivity index (χ0n) is 11.2. The van der Waals surface area contributed by atoms with E-state index in [2.05, 4.69) is 0 Å². The molecule has 0 saturated heterocycles. The normalized spacial score (nSPS) is 12.4. The molecule has 0 radical (unpaired) electrons. The van der Waals surface area contributed by atoms with Gasteiger partial charge in [-0.15, -0.1) is 0 Å². The zero-order valence-corrected chi connectivity index (χ0v) is 14.2. The fraction of sp³-hybridized carbons (Fsp3) is 0.286. The van der Waals surface area contributed by atoms with Gasteiger partial charge < -0.3 is 9.30 Å². The Morgan fingerprint density at radius 2 is 2.10 bits per heavy atom. The lowest BCUT2D eigenvalue weighted by atomic mass is 10.1. The van der Waals surface area contributed by atoms with Crippen molar-refractivity contribution in [3.63, 3.8) is 0 Å². The van der Waals surface area contributed by atoms with Gasteiger partial charge in [-0.2, -0.15) is 0 Å². The molecule has 0 unspecified atom stereocenters. The number of esters is 1. The molecule has 0 aliphatic rings. The fourth-order valence-corrected chi connectivity index (χ4v) is 3.60. The molecule has 1 aromatic heterocycles. The lowest BCUT2D eigenvalue weighted by Crippen LogP contribution is -2.21. The molecule has 0 amide bonds. The van der Waals surface area contributed by atoms with Crippen LogP contribution < -0.4 is 5.43 Å². The standard InChI is InChI=1S/C14H13ClINO3/c1-7(20-8(2)18)13-12(16)14(19)11-9(15)5-4-6-10(11)17(13)3/h4-7H,1-3H3/t7-/m1/s1. The molecule has 6 heteroatoms. The van der Waals surface area contributed by atoms with Gasteiger partial charge in [-0.1, -0.05) is 17.7 Å². The molecule has 1 aromatic carbocycles. The third kappa shape index (κ3) is 2.56. The van der Waals surface area contributed by atoms with Crippen molar-refractivity contribution in [2.24, 2.45) is 7.05 Å². The Bertz CT molecular complexity index is 754. The second kappa shape index (κ2) is 5.73. The van der Waals surface area contributed by atoms with E-state index < -0.39 is 6.10 Å². The van der Waals surface area contributed by atoms with Gasteiger partial charge in [0, 0.05) is 14.0 Å². The lowest BCUT2D eigenvalue weighted by molar-refractivity contribution is -0.146. The minimum absolute atomic E-state index is 0.140. The summed E-state index contributed by atoms with van der Waals surface area (Å²) in [4.78, 5) is 23.6. The smallest absolute Gasteiger partial charge is 0.303 e. The van der Waals surface area contributed by atoms with Crippen LogP contribution in [0.5, 0.6) is 0 Å². The first kappa shape index (κ1) is 15.3. The highest BCUT2D eigenvalue weighted by Gasteiger charge is 2.21. The van der Waals surface area contributed by atoms with E-state index in [1.54, 1.807) is 19.1 Å². The Hall–Kier alpha value is -1.08. The van der Waals surface area contributed by atoms with Crippen LogP contribution in [-0.4, -0.2) is 10.5 Å². The SMILES string of the molecule is CC(=O)O[C@H](C)c1c(I)c(=O)c2c(Cl)cccc2n1C. The van der Waals surface area contributed by atoms with Crippen LogP contribution in [0.3, 0.4) is 0 Å². The molecule has 0 bridgehead atoms. The number of benzene rings is 1. The highest BCUT2D eigenvalue weighted by atomic mass is 127. The van der Waals surface area contributed by atoms with Gasteiger partial charge in [-0.05, 0) is 41.6 Å². The summed E-state index contributed by atoms with van der Waals surface area (Å²) in [7, 11) is 1.83. The number of aryl methyl sites for hydroxylation is 1. The van der Waals surface area contributed by atoms with E-state index in [9.17, 15) is 9.59 Å². The molecule has 2 aromatic rings. The number of fused-ring (bicyclic) bond motifs is 1. The number of hydrogen-bond acceptors (Lipinski definition) is 3. The van der Waals surface area contributed by atoms with Crippen molar-refractivity contribution in [1.82, 2.24) is 4.57 Å². The van der Waals surface area contributed by atoms with Crippen molar-refractivity contribution in [1.29, 1.82) is 0 Å². The fourth-order valence-electron chi connectivity index (χ4n) is 2.28. The summed E-state index contributed by atoms with van der Waals surface area (Å²) in [6.45, 7) is 3.09. The van der Waals surface area contributed by atoms with Crippen LogP contribution in [0.15, 0.2) is 23.0 Å². The third-order valence-electron chi connectivity index (χ3n) is 3.09. The Kier molecular flexibility index (Phi) is 4.39. The second-order valence-electron chi connectivity index (χ2n) is 4.47. The van der Waals surface area contributed by atoms with E-state index in [4.69, 9.17) is 16.3 Å². The van der Waals surface area contributed by atoms with Crippen molar-refractivity contribution in [2.75, 3.05) is 0 Å². The number of carbonyl (C=O) groups excluding carboxylic acids is 1. The Morgan fingerprint density at radius 3 is 2.70 bits per heavy atom. The minimum atomic E-state index is -0.500. The summed E-state index contributed by atoms with van der Waals surface area (Å²) in [5, 5.41) is 0.910. The summed E-state index contributed by atoms with van der Waals surface area (Å²) in [6, 6.07) is 5.30. The molecule has 20 heavy (non-hydrogen) atoms. The summed E-state index contributed by atoms with van der Waals surface area (Å²) < 4.78 is 7.55. The monoisotopic (exact) mass is 405 g/mol. The van der Waals surface area contributed by atoms with Gasteiger partial charge in [0.1, 0.15) is 6.10 Å². The van der Waals surface area contributed by atoms with E-state index in [1.807, 2.05) is 40.3 Å². The van der Waals surface area contributed by atoms with Crippen LogP contribution in [0.4, 0.5) is 0 Å². The van der Waals surface area contributed by atoms with Gasteiger partial charge in [-0.25, -0.2) is 0 Å². The second-order valence-corrected chi connectivity index (χ2v) is 5.96. The van der Waals surface area contributed by atoms with Gasteiger partial charge >= 0.3 is 5.97 Å². The van der Waals surface area contributed by atoms with Crippen LogP contribution in [0, 0.1) is 3.57 Å². The average molecular weight is 406 g/mol. The molecule has 106 valence electrons. The highest BCUT2D eigenvalue weighted by Crippen LogP contribution is 2.27. The average Bonchev–Trinajstić information content (AvgIpc) is 2.35. The number of ether oxygens (including phenoxy) is 1. The molecule has 1 atom stereocenters. The summed E-state index contributed by atoms with van der Waals surface area (Å²) in [5.41, 5.74) is 1.25. The quantitative estimate of drug-likeness (QED) is 0.568. The lowest BCUT2D eigenvalue weighted by Gasteiger charge is -2.20. The van der Waals surface area contributed by atoms with E-state index in [0.717, 1.165) is 5.52 Å². The van der Waals surface area contributed by atoms with E-state index in [1.165, 1.54) is 6.92 Å². The maximum Gasteiger partial charge on any atom is 0.303 e. The number of halogens is 2. The van der Waals surface area contributed by atoms with Crippen molar-refractivity contribution in [2.45, 2.75) is 20.0 Å². The molecule has 0 aliphatic heterocycles. The van der Waals surface area contributed by atoms with Gasteiger partial charge in [-0.3, -0.25) is 9.59 Å². The molecule has 0 spiro atoms. The maximum absolute atomic E-state index is 12.5. The van der Waals surface area contributed by atoms with Crippen LogP contribution >= 0.6 is 34.2 Å². The van der Waals surface area contributed by atoms with Crippen LogP contribution in [-0.2, 0) is 16.6 Å². The predicted molar refractivity (Wildman–Crippen MR) is 87.1 cm³/mol. The molecule has 2 rings (SSSR count). The number of nitrogens with zero attached hydrogens (tertiary/aromatic N) is 1. The predicted octanol–water partition coefficient (Wildman–Crippen LogP) is 3.42. The first-order chi connectivity index (χ1) is 9.34. The minimum Gasteiger partial charge on any atom is -0.456 e. The largest absolute Gasteiger partial charge is 0.456 e. The first-order valence-electron chi connectivity index (χ1n) is 5.98. The number of pyridine rings is 1. The number of aromatic nitrogens is 1. The Balaban J connectivity index is 2.81. The van der Waals surface area contributed by atoms with Crippen LogP contribution in [0.2, 0.25) is 5.02 Å². The summed E-state index contributed by atoms with van der Waals surface area (Å²) >= 11 is 8.09. The van der Waals surface area contributed by atoms with Crippen LogP contribution in [0.1, 0.15) is 25.6 Å². The molecule has 0 aliphatic carbocycles. The molecule has 4 nitrogen and oxygen atoms in total. The molecule has 0 fully saturated rings. The summed E-state index contributed by atoms with van der Waals surface area (Å²) in [5.74, 6) is -0.382. The van der Waals surface area contributed by atoms with Gasteiger partial charge in [0.05, 0.1) is 25.2 Å². The molecule has 0 saturated carbocycles. The maximum atomic E-state index is 12.5. The number of hydrogen-bond donors (Lipinski definition) is 0. The zero-order chi connectivity index (χ0) is 15.0. The van der Waals surface area contributed by atoms with Gasteiger partial charge in [0.15, 0.2) is 0 Å². The third-order valence-corrected chi connectivity index (χ3v) is 4.45. The first-order valence-corrected chi connectivity index (χ1v) is 7.44. The van der Waals surface area contributed by atoms with Crippen LogP contribution in [0.25, 0.3) is 10.9 Å².